The maximum absolute atomic E-state index is 2.99. The fourth-order valence-corrected chi connectivity index (χ4v) is 6.82. The molecule has 0 N–H and O–H groups in total. The van der Waals surface area contributed by atoms with Crippen molar-refractivity contribution in [2.45, 2.75) is 86.5 Å². The first-order valence-corrected chi connectivity index (χ1v) is 17.0. The molecule has 0 fully saturated rings. The molecule has 6 rings (SSSR count). The van der Waals surface area contributed by atoms with Crippen molar-refractivity contribution in [3.63, 3.8) is 0 Å². The molecule has 3 heteroatoms. The molecule has 240 valence electrons. The number of hydrogen-bond acceptors (Lipinski definition) is 0. The summed E-state index contributed by atoms with van der Waals surface area (Å²) >= 11 is 1.47. The van der Waals surface area contributed by atoms with E-state index in [0.29, 0.717) is 0 Å². The van der Waals surface area contributed by atoms with Gasteiger partial charge in [0, 0.05) is 0 Å². The quantitative estimate of drug-likeness (QED) is 0.206. The van der Waals surface area contributed by atoms with Gasteiger partial charge >= 0.3 is 112 Å². The van der Waals surface area contributed by atoms with Crippen LogP contribution in [0.4, 0.5) is 0 Å². The van der Waals surface area contributed by atoms with Crippen molar-refractivity contribution in [1.82, 2.24) is 0 Å². The van der Waals surface area contributed by atoms with Gasteiger partial charge in [0.25, 0.3) is 0 Å². The van der Waals surface area contributed by atoms with E-state index in [1.54, 1.807) is 0 Å². The van der Waals surface area contributed by atoms with Gasteiger partial charge in [-0.15, -0.1) is 46.2 Å². The summed E-state index contributed by atoms with van der Waals surface area (Å²) in [6, 6.07) is 29.4. The fourth-order valence-electron chi connectivity index (χ4n) is 6.06. The van der Waals surface area contributed by atoms with Crippen molar-refractivity contribution in [3.05, 3.63) is 148 Å². The van der Waals surface area contributed by atoms with Gasteiger partial charge in [0.2, 0.25) is 0 Å². The van der Waals surface area contributed by atoms with Crippen LogP contribution in [0, 0.1) is 33.8 Å². The molecule has 0 aromatic heterocycles. The third-order valence-corrected chi connectivity index (χ3v) is 9.63. The van der Waals surface area contributed by atoms with Gasteiger partial charge in [-0.05, 0) is 24.7 Å². The maximum Gasteiger partial charge on any atom is -0.109 e. The molecule has 1 aliphatic carbocycles. The maximum atomic E-state index is 2.99. The fraction of sp³-hybridized carbons (Fsp3) is 0.302. The van der Waals surface area contributed by atoms with Gasteiger partial charge < -0.3 is 24.8 Å². The van der Waals surface area contributed by atoms with Gasteiger partial charge in [0.05, 0.1) is 0 Å². The van der Waals surface area contributed by atoms with Crippen molar-refractivity contribution < 1.29 is 49.0 Å². The molecule has 0 amide bonds. The Balaban J connectivity index is 0.000000278. The number of benzene rings is 4. The van der Waals surface area contributed by atoms with Crippen molar-refractivity contribution in [2.24, 2.45) is 0 Å². The number of halogens is 2. The van der Waals surface area contributed by atoms with E-state index in [4.69, 9.17) is 0 Å². The zero-order chi connectivity index (χ0) is 32.2. The van der Waals surface area contributed by atoms with E-state index in [1.807, 2.05) is 12.2 Å². The molecular formula is C43H48Cl2Zr-2. The molecule has 5 aromatic rings. The van der Waals surface area contributed by atoms with Crippen LogP contribution in [0.2, 0.25) is 0 Å². The first kappa shape index (κ1) is 39.7. The molecule has 0 saturated heterocycles. The van der Waals surface area contributed by atoms with E-state index in [9.17, 15) is 0 Å². The zero-order valence-electron chi connectivity index (χ0n) is 29.2. The number of hydrogen-bond donors (Lipinski definition) is 0. The summed E-state index contributed by atoms with van der Waals surface area (Å²) in [6.07, 6.45) is 10.0. The predicted molar refractivity (Wildman–Crippen MR) is 191 cm³/mol. The molecule has 0 nitrogen and oxygen atoms in total. The molecule has 0 aliphatic heterocycles. The summed E-state index contributed by atoms with van der Waals surface area (Å²) < 4.78 is 1.43. The third-order valence-electron chi connectivity index (χ3n) is 8.21. The Bertz CT molecular complexity index is 1720. The summed E-state index contributed by atoms with van der Waals surface area (Å²) in [5, 5.41) is 5.55. The van der Waals surface area contributed by atoms with Crippen LogP contribution in [0.15, 0.2) is 97.1 Å². The van der Waals surface area contributed by atoms with Crippen molar-refractivity contribution >= 4 is 24.8 Å². The minimum absolute atomic E-state index is 0. The van der Waals surface area contributed by atoms with Crippen molar-refractivity contribution in [1.29, 1.82) is 0 Å². The molecule has 5 aromatic carbocycles. The van der Waals surface area contributed by atoms with Crippen LogP contribution in [0.3, 0.4) is 0 Å². The Hall–Kier alpha value is -2.44. The van der Waals surface area contributed by atoms with Crippen LogP contribution in [0.25, 0.3) is 21.5 Å². The molecule has 0 bridgehead atoms. The van der Waals surface area contributed by atoms with Crippen LogP contribution < -0.4 is 24.8 Å². The molecule has 1 aliphatic rings. The second-order valence-electron chi connectivity index (χ2n) is 14.3. The van der Waals surface area contributed by atoms with Gasteiger partial charge in [-0.1, -0.05) is 75.9 Å². The summed E-state index contributed by atoms with van der Waals surface area (Å²) in [4.78, 5) is 0. The van der Waals surface area contributed by atoms with Gasteiger partial charge in [-0.2, -0.15) is 6.08 Å². The summed E-state index contributed by atoms with van der Waals surface area (Å²) in [6.45, 7) is 22.6. The average Bonchev–Trinajstić information content (AvgIpc) is 3.62. The molecule has 0 spiro atoms. The molecule has 0 unspecified atom stereocenters. The number of allylic oxidation sites excluding steroid dienone is 4. The van der Waals surface area contributed by atoms with Gasteiger partial charge in [-0.25, -0.2) is 12.2 Å². The smallest absolute Gasteiger partial charge is 0.109 e. The predicted octanol–water partition coefficient (Wildman–Crippen LogP) is 5.66. The van der Waals surface area contributed by atoms with E-state index in [0.717, 1.165) is 6.42 Å². The van der Waals surface area contributed by atoms with Crippen LogP contribution >= 0.6 is 0 Å². The topological polar surface area (TPSA) is 0 Å². The Morgan fingerprint density at radius 2 is 1.09 bits per heavy atom. The monoisotopic (exact) mass is 724 g/mol. The normalized spacial score (nSPS) is 12.1. The molecule has 46 heavy (non-hydrogen) atoms. The Morgan fingerprint density at radius 3 is 1.39 bits per heavy atom. The van der Waals surface area contributed by atoms with Gasteiger partial charge in [0.1, 0.15) is 0 Å². The van der Waals surface area contributed by atoms with Gasteiger partial charge in [0.15, 0.2) is 0 Å². The van der Waals surface area contributed by atoms with Crippen molar-refractivity contribution in [3.8, 4) is 0 Å². The largest absolute Gasteiger partial charge is 1.00 e. The second-order valence-corrected chi connectivity index (χ2v) is 15.5. The number of rotatable bonds is 2. The van der Waals surface area contributed by atoms with Crippen LogP contribution in [-0.2, 0) is 35.1 Å². The van der Waals surface area contributed by atoms with Crippen LogP contribution in [0.5, 0.6) is 0 Å². The van der Waals surface area contributed by atoms with E-state index < -0.39 is 0 Å². The summed E-state index contributed by atoms with van der Waals surface area (Å²) in [5.74, 6) is 0. The standard InChI is InChI=1S/C23H29.C15H14.C5H5.2ClH.Zr/c1-14-9-16-11-17-10-15(2)21(23(6,7)8)13-19(17)18(16)12-20(14)22(3,4)5;1-12-5-3-7-14(9-12)11-15-8-4-6-13(2)10-15;1-2-4-5-3-1;;;/h9-13H,1-8H3;3-10H,1-2H3;1-3H,4H2;2*1H;/q-1;;-1;;;+2/p-2. The summed E-state index contributed by atoms with van der Waals surface area (Å²) in [5.41, 5.74) is 11.4. The Labute approximate surface area is 305 Å². The molecule has 0 saturated carbocycles. The Morgan fingerprint density at radius 1 is 0.652 bits per heavy atom. The first-order valence-electron chi connectivity index (χ1n) is 15.7. The molecule has 0 heterocycles. The number of aryl methyl sites for hydroxylation is 4. The van der Waals surface area contributed by atoms with E-state index in [2.05, 4.69) is 160 Å². The molecule has 0 atom stereocenters. The minimum Gasteiger partial charge on any atom is -1.00 e. The zero-order valence-corrected chi connectivity index (χ0v) is 33.2. The van der Waals surface area contributed by atoms with E-state index >= 15 is 0 Å². The molecule has 0 radical (unpaired) electrons. The Kier molecular flexibility index (Phi) is 14.3. The molecular weight excluding hydrogens is 679 g/mol. The minimum atomic E-state index is 0. The van der Waals surface area contributed by atoms with Gasteiger partial charge in [-0.3, -0.25) is 6.08 Å². The number of fused-ring (bicyclic) bond motifs is 3. The average molecular weight is 727 g/mol. The first-order chi connectivity index (χ1) is 20.6. The van der Waals surface area contributed by atoms with E-state index in [-0.39, 0.29) is 35.6 Å². The second kappa shape index (κ2) is 16.6. The van der Waals surface area contributed by atoms with Crippen LogP contribution in [0.1, 0.15) is 92.5 Å². The SMILES string of the molecule is Cc1cc2[cH-]c3cc(C)c(C(C)(C)C)cc3c2cc1C(C)(C)C.Cc1cccc([C](=[Zr+2])c2cccc(C)c2)c1.[C-]1=CC=CC1.[Cl-].[Cl-]. The van der Waals surface area contributed by atoms with Crippen molar-refractivity contribution in [2.75, 3.05) is 0 Å². The summed E-state index contributed by atoms with van der Waals surface area (Å²) in [7, 11) is 0. The van der Waals surface area contributed by atoms with Crippen LogP contribution in [-0.4, -0.2) is 3.21 Å². The third kappa shape index (κ3) is 10.0. The van der Waals surface area contributed by atoms with E-state index in [1.165, 1.54) is 93.5 Å².